The summed E-state index contributed by atoms with van der Waals surface area (Å²) < 4.78 is 19.2. The first-order valence-corrected chi connectivity index (χ1v) is 12.5. The molecule has 0 heterocycles. The molecule has 0 aliphatic heterocycles. The van der Waals surface area contributed by atoms with Crippen LogP contribution in [0.15, 0.2) is 121 Å². The van der Waals surface area contributed by atoms with Gasteiger partial charge in [0, 0.05) is 0 Å². The van der Waals surface area contributed by atoms with Gasteiger partial charge in [0.1, 0.15) is 23.0 Å². The first-order chi connectivity index (χ1) is 19.5. The minimum atomic E-state index is -0.211. The van der Waals surface area contributed by atoms with Gasteiger partial charge in [0.25, 0.3) is 0 Å². The van der Waals surface area contributed by atoms with Crippen molar-refractivity contribution in [3.8, 4) is 34.5 Å². The molecule has 0 radical (unpaired) electrons. The third kappa shape index (κ3) is 9.43. The van der Waals surface area contributed by atoms with E-state index in [1.807, 2.05) is 0 Å². The molecule has 0 aromatic heterocycles. The molecule has 0 amide bonds. The molecule has 0 atom stereocenters. The van der Waals surface area contributed by atoms with Gasteiger partial charge in [0.15, 0.2) is 0 Å². The number of benzene rings is 4. The second kappa shape index (κ2) is 17.5. The second-order valence-corrected chi connectivity index (χ2v) is 8.29. The van der Waals surface area contributed by atoms with Crippen LogP contribution >= 0.6 is 0 Å². The number of methoxy groups -OCH3 is 4. The van der Waals surface area contributed by atoms with Gasteiger partial charge in [-0.05, 0) is 35.8 Å². The van der Waals surface area contributed by atoms with Gasteiger partial charge >= 0.3 is 25.8 Å². The summed E-state index contributed by atoms with van der Waals surface area (Å²) in [5.41, 5.74) is 0. The minimum absolute atomic E-state index is 0. The molecule has 0 saturated carbocycles. The van der Waals surface area contributed by atoms with E-state index in [0.29, 0.717) is 23.0 Å². The summed E-state index contributed by atoms with van der Waals surface area (Å²) >= 11 is 0. The minimum Gasteiger partial charge on any atom is -0.867 e. The topological polar surface area (TPSA) is 83.0 Å². The Kier molecular flexibility index (Phi) is 14.0. The van der Waals surface area contributed by atoms with Crippen LogP contribution in [0.3, 0.4) is 0 Å². The maximum atomic E-state index is 11.2. The SMILES string of the molecule is COc1cccc(OC)c1[O-].COc1cccc(OC)c1[O-].[Hf+4].c1ccc2[cH-]ccc2c1.c1ccc2[cH-]ccc2c1. The van der Waals surface area contributed by atoms with Gasteiger partial charge in [-0.1, -0.05) is 24.3 Å². The van der Waals surface area contributed by atoms with Crippen LogP contribution in [0.25, 0.3) is 21.5 Å². The van der Waals surface area contributed by atoms with Crippen LogP contribution in [0.4, 0.5) is 0 Å². The van der Waals surface area contributed by atoms with E-state index < -0.39 is 0 Å². The van der Waals surface area contributed by atoms with E-state index in [-0.39, 0.29) is 37.3 Å². The van der Waals surface area contributed by atoms with Crippen molar-refractivity contribution >= 4 is 21.5 Å². The average Bonchev–Trinajstić information content (AvgIpc) is 3.68. The quantitative estimate of drug-likeness (QED) is 0.150. The van der Waals surface area contributed by atoms with E-state index in [2.05, 4.69) is 84.9 Å². The summed E-state index contributed by atoms with van der Waals surface area (Å²) in [6.45, 7) is 0. The standard InChI is InChI=1S/2C9H7.2C8H10O3.Hf/c2*1-2-5-9-7-3-6-8(9)4-1;2*1-10-6-4-3-5-7(11-2)8(6)9;/h2*1-7H;2*3-5,9H,1-2H3;/q2*-1;;;+4/p-2. The van der Waals surface area contributed by atoms with Gasteiger partial charge in [0.2, 0.25) is 0 Å². The first kappa shape index (κ1) is 33.0. The zero-order chi connectivity index (χ0) is 28.7. The second-order valence-electron chi connectivity index (χ2n) is 8.29. The Hall–Kier alpha value is -4.23. The van der Waals surface area contributed by atoms with Crippen molar-refractivity contribution in [2.75, 3.05) is 28.4 Å². The van der Waals surface area contributed by atoms with Gasteiger partial charge in [0.05, 0.1) is 28.4 Å². The Labute approximate surface area is 259 Å². The van der Waals surface area contributed by atoms with Crippen LogP contribution in [0.2, 0.25) is 0 Å². The van der Waals surface area contributed by atoms with Crippen LogP contribution in [0.5, 0.6) is 34.5 Å². The molecular formula is C34H32HfO6. The molecule has 0 N–H and O–H groups in total. The largest absolute Gasteiger partial charge is 4.00 e. The Morgan fingerprint density at radius 1 is 0.439 bits per heavy atom. The fourth-order valence-corrected chi connectivity index (χ4v) is 3.77. The van der Waals surface area contributed by atoms with Crippen LogP contribution in [0.1, 0.15) is 0 Å². The average molecular weight is 715 g/mol. The zero-order valence-corrected chi connectivity index (χ0v) is 27.1. The van der Waals surface area contributed by atoms with Gasteiger partial charge in [-0.25, -0.2) is 0 Å². The van der Waals surface area contributed by atoms with Gasteiger partial charge in [-0.3, -0.25) is 0 Å². The summed E-state index contributed by atoms with van der Waals surface area (Å²) in [7, 11) is 5.82. The van der Waals surface area contributed by atoms with E-state index >= 15 is 0 Å². The molecule has 208 valence electrons. The normalized spacial score (nSPS) is 9.46. The predicted octanol–water partition coefficient (Wildman–Crippen LogP) is 6.67. The predicted molar refractivity (Wildman–Crippen MR) is 157 cm³/mol. The van der Waals surface area contributed by atoms with Crippen LogP contribution in [-0.2, 0) is 25.8 Å². The molecule has 6 rings (SSSR count). The fraction of sp³-hybridized carbons (Fsp3) is 0.118. The molecule has 0 bridgehead atoms. The number of hydrogen-bond acceptors (Lipinski definition) is 6. The smallest absolute Gasteiger partial charge is 0.867 e. The maximum absolute atomic E-state index is 11.2. The Morgan fingerprint density at radius 3 is 1.05 bits per heavy atom. The molecule has 0 aliphatic carbocycles. The number of hydrogen-bond donors (Lipinski definition) is 0. The molecule has 7 heteroatoms. The molecule has 0 spiro atoms. The van der Waals surface area contributed by atoms with Crippen molar-refractivity contribution in [3.05, 3.63) is 121 Å². The van der Waals surface area contributed by atoms with Crippen molar-refractivity contribution in [1.82, 2.24) is 0 Å². The van der Waals surface area contributed by atoms with Crippen LogP contribution < -0.4 is 29.2 Å². The number of ether oxygens (including phenoxy) is 4. The van der Waals surface area contributed by atoms with Gasteiger partial charge in [-0.15, -0.1) is 59.3 Å². The Bertz CT molecular complexity index is 1360. The van der Waals surface area contributed by atoms with Crippen molar-refractivity contribution in [2.45, 2.75) is 0 Å². The summed E-state index contributed by atoms with van der Waals surface area (Å²) in [5.74, 6) is 0.817. The van der Waals surface area contributed by atoms with E-state index in [1.54, 1.807) is 36.4 Å². The Balaban J connectivity index is 0.000000190. The van der Waals surface area contributed by atoms with Crippen molar-refractivity contribution < 1.29 is 55.0 Å². The van der Waals surface area contributed by atoms with Gasteiger partial charge in [-0.2, -0.15) is 35.0 Å². The van der Waals surface area contributed by atoms with E-state index in [0.717, 1.165) is 0 Å². The van der Waals surface area contributed by atoms with E-state index in [1.165, 1.54) is 50.0 Å². The molecule has 0 saturated heterocycles. The maximum Gasteiger partial charge on any atom is 4.00 e. The van der Waals surface area contributed by atoms with Crippen molar-refractivity contribution in [3.63, 3.8) is 0 Å². The summed E-state index contributed by atoms with van der Waals surface area (Å²) in [6.07, 6.45) is 0. The van der Waals surface area contributed by atoms with Gasteiger partial charge < -0.3 is 29.2 Å². The zero-order valence-electron chi connectivity index (χ0n) is 23.5. The number of para-hydroxylation sites is 2. The summed E-state index contributed by atoms with van der Waals surface area (Å²) in [6, 6.07) is 39.2. The summed E-state index contributed by atoms with van der Waals surface area (Å²) in [5, 5.41) is 27.7. The van der Waals surface area contributed by atoms with Crippen LogP contribution in [-0.4, -0.2) is 28.4 Å². The third-order valence-corrected chi connectivity index (χ3v) is 5.86. The van der Waals surface area contributed by atoms with Crippen LogP contribution in [0, 0.1) is 0 Å². The van der Waals surface area contributed by atoms with Crippen molar-refractivity contribution in [2.24, 2.45) is 0 Å². The first-order valence-electron chi connectivity index (χ1n) is 12.5. The molecular weight excluding hydrogens is 683 g/mol. The fourth-order valence-electron chi connectivity index (χ4n) is 3.77. The van der Waals surface area contributed by atoms with Crippen molar-refractivity contribution in [1.29, 1.82) is 0 Å². The molecule has 0 aliphatic rings. The summed E-state index contributed by atoms with van der Waals surface area (Å²) in [4.78, 5) is 0. The third-order valence-electron chi connectivity index (χ3n) is 5.86. The molecule has 0 unspecified atom stereocenters. The number of rotatable bonds is 4. The molecule has 6 aromatic rings. The Morgan fingerprint density at radius 2 is 0.756 bits per heavy atom. The molecule has 6 nitrogen and oxygen atoms in total. The molecule has 41 heavy (non-hydrogen) atoms. The number of fused-ring (bicyclic) bond motifs is 2. The molecule has 0 fully saturated rings. The molecule has 6 aromatic carbocycles. The monoisotopic (exact) mass is 716 g/mol. The van der Waals surface area contributed by atoms with E-state index in [9.17, 15) is 10.2 Å². The van der Waals surface area contributed by atoms with E-state index in [4.69, 9.17) is 18.9 Å².